The molecule has 4 rings (SSSR count). The molecular weight excluding hydrogens is 518 g/mol. The number of hydrogen-bond acceptors (Lipinski definition) is 8. The highest BCUT2D eigenvalue weighted by atomic mass is 32.2. The summed E-state index contributed by atoms with van der Waals surface area (Å²) in [6.45, 7) is 12.0. The summed E-state index contributed by atoms with van der Waals surface area (Å²) in [6.07, 6.45) is 7.16. The lowest BCUT2D eigenvalue weighted by Crippen LogP contribution is -2.42. The standard InChI is InChI=1S/C28H35N5O3S2/c1-5-23(34)32-21-8-6-7-19(15-21)11-14-33(26(35)20-9-12-29-13-10-20)27-31-17-25(38-27)37-18-24-30-16-22(36-24)28(2,3)4/h5-8,15-17,20,29H,1,9-14,18H2,2-4H3,(H,32,34). The number of nitrogens with one attached hydrogen (secondary N) is 2. The molecule has 0 unspecified atom stereocenters. The smallest absolute Gasteiger partial charge is 0.247 e. The van der Waals surface area contributed by atoms with E-state index >= 15 is 0 Å². The van der Waals surface area contributed by atoms with Gasteiger partial charge in [-0.1, -0.05) is 50.8 Å². The van der Waals surface area contributed by atoms with E-state index in [2.05, 4.69) is 48.0 Å². The van der Waals surface area contributed by atoms with Crippen molar-refractivity contribution in [2.24, 2.45) is 5.92 Å². The van der Waals surface area contributed by atoms with E-state index in [1.54, 1.807) is 18.0 Å². The normalized spacial score (nSPS) is 14.3. The van der Waals surface area contributed by atoms with Crippen LogP contribution in [0.15, 0.2) is 57.9 Å². The van der Waals surface area contributed by atoms with Crippen molar-refractivity contribution in [2.45, 2.75) is 55.4 Å². The summed E-state index contributed by atoms with van der Waals surface area (Å²) < 4.78 is 6.93. The van der Waals surface area contributed by atoms with E-state index in [0.29, 0.717) is 35.4 Å². The van der Waals surface area contributed by atoms with Crippen LogP contribution in [0.2, 0.25) is 0 Å². The number of benzene rings is 1. The average Bonchev–Trinajstić information content (AvgIpc) is 3.58. The fraction of sp³-hybridized carbons (Fsp3) is 0.429. The van der Waals surface area contributed by atoms with Crippen molar-refractivity contribution in [2.75, 3.05) is 29.9 Å². The molecule has 1 saturated heterocycles. The Balaban J connectivity index is 1.46. The molecule has 0 atom stereocenters. The monoisotopic (exact) mass is 553 g/mol. The summed E-state index contributed by atoms with van der Waals surface area (Å²) >= 11 is 3.13. The number of thioether (sulfide) groups is 1. The lowest BCUT2D eigenvalue weighted by atomic mass is 9.94. The van der Waals surface area contributed by atoms with Crippen LogP contribution in [-0.2, 0) is 27.2 Å². The van der Waals surface area contributed by atoms with Gasteiger partial charge in [0.15, 0.2) is 5.13 Å². The molecule has 0 aliphatic carbocycles. The van der Waals surface area contributed by atoms with Gasteiger partial charge in [-0.25, -0.2) is 9.97 Å². The van der Waals surface area contributed by atoms with Gasteiger partial charge >= 0.3 is 0 Å². The fourth-order valence-corrected chi connectivity index (χ4v) is 5.97. The Bertz CT molecular complexity index is 1260. The SMILES string of the molecule is C=CC(=O)Nc1cccc(CCN(C(=O)C2CCNCC2)c2ncc(SCc3ncc(C(C)(C)C)o3)s2)c1. The first kappa shape index (κ1) is 28.1. The van der Waals surface area contributed by atoms with Crippen LogP contribution >= 0.6 is 23.1 Å². The van der Waals surface area contributed by atoms with E-state index in [1.165, 1.54) is 17.4 Å². The molecule has 0 radical (unpaired) electrons. The largest absolute Gasteiger partial charge is 0.444 e. The van der Waals surface area contributed by atoms with Crippen molar-refractivity contribution in [3.8, 4) is 0 Å². The van der Waals surface area contributed by atoms with Gasteiger partial charge in [-0.15, -0.1) is 11.8 Å². The third-order valence-electron chi connectivity index (χ3n) is 6.29. The molecule has 1 aliphatic rings. The minimum Gasteiger partial charge on any atom is -0.444 e. The first-order chi connectivity index (χ1) is 18.2. The maximum absolute atomic E-state index is 13.6. The van der Waals surface area contributed by atoms with Crippen LogP contribution in [0.4, 0.5) is 10.8 Å². The van der Waals surface area contributed by atoms with Gasteiger partial charge < -0.3 is 15.1 Å². The van der Waals surface area contributed by atoms with Gasteiger partial charge in [0.05, 0.1) is 22.4 Å². The maximum atomic E-state index is 13.6. The molecule has 3 aromatic rings. The van der Waals surface area contributed by atoms with Crippen LogP contribution in [0.5, 0.6) is 0 Å². The molecule has 2 amide bonds. The number of carbonyl (C=O) groups is 2. The van der Waals surface area contributed by atoms with Crippen molar-refractivity contribution >= 4 is 45.7 Å². The highest BCUT2D eigenvalue weighted by Gasteiger charge is 2.28. The van der Waals surface area contributed by atoms with Crippen molar-refractivity contribution in [3.63, 3.8) is 0 Å². The Morgan fingerprint density at radius 3 is 2.76 bits per heavy atom. The molecule has 2 aromatic heterocycles. The molecule has 2 N–H and O–H groups in total. The molecule has 0 saturated carbocycles. The second-order valence-electron chi connectivity index (χ2n) is 10.3. The summed E-state index contributed by atoms with van der Waals surface area (Å²) in [4.78, 5) is 36.2. The second kappa shape index (κ2) is 12.7. The van der Waals surface area contributed by atoms with Crippen LogP contribution in [0.25, 0.3) is 0 Å². The zero-order valence-electron chi connectivity index (χ0n) is 22.2. The second-order valence-corrected chi connectivity index (χ2v) is 12.6. The number of anilines is 2. The van der Waals surface area contributed by atoms with E-state index in [9.17, 15) is 9.59 Å². The van der Waals surface area contributed by atoms with Gasteiger partial charge in [-0.2, -0.15) is 0 Å². The molecule has 38 heavy (non-hydrogen) atoms. The Morgan fingerprint density at radius 1 is 1.26 bits per heavy atom. The zero-order valence-corrected chi connectivity index (χ0v) is 23.8. The Labute approximate surface area is 232 Å². The lowest BCUT2D eigenvalue weighted by Gasteiger charge is -2.28. The molecule has 202 valence electrons. The van der Waals surface area contributed by atoms with E-state index in [1.807, 2.05) is 35.4 Å². The Hall–Kier alpha value is -2.95. The number of carbonyl (C=O) groups excluding carboxylic acids is 2. The third-order valence-corrected chi connectivity index (χ3v) is 8.49. The highest BCUT2D eigenvalue weighted by Crippen LogP contribution is 2.34. The van der Waals surface area contributed by atoms with Gasteiger partial charge in [-0.05, 0) is 56.1 Å². The van der Waals surface area contributed by atoms with E-state index in [4.69, 9.17) is 4.42 Å². The summed E-state index contributed by atoms with van der Waals surface area (Å²) in [5.74, 6) is 2.00. The van der Waals surface area contributed by atoms with Crippen LogP contribution in [-0.4, -0.2) is 41.4 Å². The van der Waals surface area contributed by atoms with Crippen molar-refractivity contribution < 1.29 is 14.0 Å². The summed E-state index contributed by atoms with van der Waals surface area (Å²) in [7, 11) is 0. The van der Waals surface area contributed by atoms with E-state index in [0.717, 1.165) is 41.5 Å². The molecule has 3 heterocycles. The van der Waals surface area contributed by atoms with Gasteiger partial charge in [0.1, 0.15) is 5.76 Å². The molecule has 10 heteroatoms. The summed E-state index contributed by atoms with van der Waals surface area (Å²) in [6, 6.07) is 7.67. The summed E-state index contributed by atoms with van der Waals surface area (Å²) in [5.41, 5.74) is 1.65. The Morgan fingerprint density at radius 2 is 2.05 bits per heavy atom. The third kappa shape index (κ3) is 7.55. The molecule has 1 fully saturated rings. The van der Waals surface area contributed by atoms with Gasteiger partial charge in [0.2, 0.25) is 17.7 Å². The van der Waals surface area contributed by atoms with Crippen LogP contribution in [0.3, 0.4) is 0 Å². The van der Waals surface area contributed by atoms with Gasteiger partial charge in [-0.3, -0.25) is 14.5 Å². The van der Waals surface area contributed by atoms with E-state index in [-0.39, 0.29) is 23.1 Å². The fourth-order valence-electron chi connectivity index (χ4n) is 4.13. The highest BCUT2D eigenvalue weighted by molar-refractivity contribution is 8.00. The predicted molar refractivity (Wildman–Crippen MR) is 154 cm³/mol. The van der Waals surface area contributed by atoms with Crippen LogP contribution in [0.1, 0.15) is 50.8 Å². The van der Waals surface area contributed by atoms with Crippen molar-refractivity contribution in [3.05, 3.63) is 66.5 Å². The lowest BCUT2D eigenvalue weighted by molar-refractivity contribution is -0.123. The maximum Gasteiger partial charge on any atom is 0.247 e. The van der Waals surface area contributed by atoms with Gasteiger partial charge in [0, 0.05) is 23.6 Å². The van der Waals surface area contributed by atoms with Crippen LogP contribution < -0.4 is 15.5 Å². The molecule has 1 aliphatic heterocycles. The number of amides is 2. The number of piperidine rings is 1. The number of nitrogens with zero attached hydrogens (tertiary/aromatic N) is 3. The number of thiazole rings is 1. The quantitative estimate of drug-likeness (QED) is 0.255. The molecule has 0 spiro atoms. The average molecular weight is 554 g/mol. The summed E-state index contributed by atoms with van der Waals surface area (Å²) in [5, 5.41) is 6.84. The first-order valence-electron chi connectivity index (χ1n) is 12.8. The predicted octanol–water partition coefficient (Wildman–Crippen LogP) is 5.42. The molecule has 8 nitrogen and oxygen atoms in total. The number of hydrogen-bond donors (Lipinski definition) is 2. The minimum absolute atomic E-state index is 0.0161. The number of rotatable bonds is 10. The van der Waals surface area contributed by atoms with Crippen molar-refractivity contribution in [1.29, 1.82) is 0 Å². The van der Waals surface area contributed by atoms with Crippen LogP contribution in [0, 0.1) is 5.92 Å². The van der Waals surface area contributed by atoms with E-state index < -0.39 is 0 Å². The molecular formula is C28H35N5O3S2. The number of aromatic nitrogens is 2. The van der Waals surface area contributed by atoms with Crippen molar-refractivity contribution in [1.82, 2.24) is 15.3 Å². The number of oxazole rings is 1. The minimum atomic E-state index is -0.253. The molecule has 0 bridgehead atoms. The topological polar surface area (TPSA) is 100 Å². The molecule has 1 aromatic carbocycles. The van der Waals surface area contributed by atoms with Gasteiger partial charge in [0.25, 0.3) is 0 Å². The first-order valence-corrected chi connectivity index (χ1v) is 14.6. The Kier molecular flexibility index (Phi) is 9.40. The zero-order chi connectivity index (χ0) is 27.1.